The highest BCUT2D eigenvalue weighted by molar-refractivity contribution is 7.99. The Bertz CT molecular complexity index is 666. The molecule has 1 atom stereocenters. The van der Waals surface area contributed by atoms with Crippen LogP contribution in [0.1, 0.15) is 18.3 Å². The highest BCUT2D eigenvalue weighted by atomic mass is 32.2. The molecule has 0 saturated heterocycles. The van der Waals surface area contributed by atoms with E-state index in [9.17, 15) is 4.79 Å². The lowest BCUT2D eigenvalue weighted by atomic mass is 10.1. The van der Waals surface area contributed by atoms with Gasteiger partial charge in [0, 0.05) is 23.4 Å². The summed E-state index contributed by atoms with van der Waals surface area (Å²) >= 11 is 1.68. The number of benzene rings is 1. The van der Waals surface area contributed by atoms with Gasteiger partial charge in [-0.1, -0.05) is 19.1 Å². The van der Waals surface area contributed by atoms with E-state index < -0.39 is 0 Å². The first kappa shape index (κ1) is 14.2. The van der Waals surface area contributed by atoms with E-state index in [1.807, 2.05) is 37.4 Å². The summed E-state index contributed by atoms with van der Waals surface area (Å²) in [7, 11) is 1.88. The molecule has 1 aromatic heterocycles. The monoisotopic (exact) mass is 302 g/mol. The van der Waals surface area contributed by atoms with Crippen molar-refractivity contribution >= 4 is 17.5 Å². The summed E-state index contributed by atoms with van der Waals surface area (Å²) in [5, 5.41) is 4.38. The van der Waals surface area contributed by atoms with E-state index in [0.29, 0.717) is 12.2 Å². The lowest BCUT2D eigenvalue weighted by molar-refractivity contribution is -0.124. The van der Waals surface area contributed by atoms with Crippen LogP contribution in [0, 0.1) is 0 Å². The van der Waals surface area contributed by atoms with Gasteiger partial charge in [-0.15, -0.1) is 11.8 Å². The second-order valence-electron chi connectivity index (χ2n) is 5.11. The molecule has 0 bridgehead atoms. The topological polar surface area (TPSA) is 44.1 Å². The number of aryl methyl sites for hydroxylation is 2. The maximum atomic E-state index is 12.4. The third-order valence-electron chi connectivity index (χ3n) is 3.61. The van der Waals surface area contributed by atoms with Gasteiger partial charge in [0.05, 0.1) is 12.1 Å². The fraction of sp³-hybridized carbons (Fsp3) is 0.375. The van der Waals surface area contributed by atoms with Crippen molar-refractivity contribution in [2.75, 3.05) is 5.75 Å². The van der Waals surface area contributed by atoms with Gasteiger partial charge in [-0.05, 0) is 24.6 Å². The minimum absolute atomic E-state index is 0.114. The molecule has 0 saturated carbocycles. The summed E-state index contributed by atoms with van der Waals surface area (Å²) in [5.74, 6) is 1.60. The van der Waals surface area contributed by atoms with Crippen LogP contribution >= 0.6 is 11.8 Å². The van der Waals surface area contributed by atoms with Crippen molar-refractivity contribution in [3.63, 3.8) is 0 Å². The van der Waals surface area contributed by atoms with Gasteiger partial charge in [0.2, 0.25) is 0 Å². The maximum Gasteiger partial charge on any atom is 0.180 e. The van der Waals surface area contributed by atoms with E-state index in [2.05, 4.69) is 12.0 Å². The molecular weight excluding hydrogens is 284 g/mol. The molecule has 1 aromatic carbocycles. The number of nitrogens with zero attached hydrogens (tertiary/aromatic N) is 2. The first-order chi connectivity index (χ1) is 10.2. The van der Waals surface area contributed by atoms with Crippen LogP contribution in [0.5, 0.6) is 5.75 Å². The summed E-state index contributed by atoms with van der Waals surface area (Å²) in [6.07, 6.45) is 0.882. The van der Waals surface area contributed by atoms with Crippen LogP contribution in [0.15, 0.2) is 35.2 Å². The van der Waals surface area contributed by atoms with E-state index >= 15 is 0 Å². The number of thioether (sulfide) groups is 1. The molecular formula is C16H18N2O2S. The Morgan fingerprint density at radius 1 is 1.48 bits per heavy atom. The van der Waals surface area contributed by atoms with E-state index in [-0.39, 0.29) is 11.9 Å². The summed E-state index contributed by atoms with van der Waals surface area (Å²) in [5.41, 5.74) is 1.97. The number of ether oxygens (including phenoxy) is 1. The largest absolute Gasteiger partial charge is 0.481 e. The molecule has 21 heavy (non-hydrogen) atoms. The van der Waals surface area contributed by atoms with Gasteiger partial charge in [-0.3, -0.25) is 9.48 Å². The van der Waals surface area contributed by atoms with Gasteiger partial charge in [-0.2, -0.15) is 5.10 Å². The SMILES string of the molecule is CCc1cc(CC(=O)C2CSc3ccccc3O2)n(C)n1. The van der Waals surface area contributed by atoms with E-state index in [1.165, 1.54) is 0 Å². The second kappa shape index (κ2) is 5.93. The Balaban J connectivity index is 1.70. The molecule has 1 unspecified atom stereocenters. The van der Waals surface area contributed by atoms with Gasteiger partial charge in [0.25, 0.3) is 0 Å². The zero-order valence-electron chi connectivity index (χ0n) is 12.2. The normalized spacial score (nSPS) is 17.1. The number of rotatable bonds is 4. The summed E-state index contributed by atoms with van der Waals surface area (Å²) < 4.78 is 7.63. The molecule has 110 valence electrons. The molecule has 0 amide bonds. The predicted molar refractivity (Wildman–Crippen MR) is 82.9 cm³/mol. The van der Waals surface area contributed by atoms with Gasteiger partial charge < -0.3 is 4.74 Å². The Morgan fingerprint density at radius 3 is 3.05 bits per heavy atom. The summed E-state index contributed by atoms with van der Waals surface area (Å²) in [6.45, 7) is 2.06. The van der Waals surface area contributed by atoms with Crippen molar-refractivity contribution < 1.29 is 9.53 Å². The average molecular weight is 302 g/mol. The minimum atomic E-state index is -0.370. The minimum Gasteiger partial charge on any atom is -0.481 e. The highest BCUT2D eigenvalue weighted by Gasteiger charge is 2.27. The first-order valence-electron chi connectivity index (χ1n) is 7.10. The van der Waals surface area contributed by atoms with Crippen LogP contribution in [0.2, 0.25) is 0 Å². The summed E-state index contributed by atoms with van der Waals surface area (Å²) in [4.78, 5) is 13.6. The highest BCUT2D eigenvalue weighted by Crippen LogP contribution is 2.35. The third-order valence-corrected chi connectivity index (χ3v) is 4.73. The van der Waals surface area contributed by atoms with Crippen LogP contribution in [-0.4, -0.2) is 27.4 Å². The molecule has 0 fully saturated rings. The van der Waals surface area contributed by atoms with E-state index in [1.54, 1.807) is 16.4 Å². The van der Waals surface area contributed by atoms with E-state index in [4.69, 9.17) is 4.74 Å². The standard InChI is InChI=1S/C16H18N2O2S/c1-3-11-8-12(18(2)17-11)9-13(19)15-10-21-16-7-5-4-6-14(16)20-15/h4-8,15H,3,9-10H2,1-2H3. The van der Waals surface area contributed by atoms with Crippen LogP contribution < -0.4 is 4.74 Å². The second-order valence-corrected chi connectivity index (χ2v) is 6.17. The molecule has 3 rings (SSSR count). The molecule has 1 aliphatic heterocycles. The van der Waals surface area contributed by atoms with Crippen LogP contribution in [0.4, 0.5) is 0 Å². The van der Waals surface area contributed by atoms with Gasteiger partial charge in [0.15, 0.2) is 11.9 Å². The fourth-order valence-electron chi connectivity index (χ4n) is 2.38. The zero-order chi connectivity index (χ0) is 14.8. The number of para-hydroxylation sites is 1. The number of hydrogen-bond donors (Lipinski definition) is 0. The van der Waals surface area contributed by atoms with Crippen molar-refractivity contribution in [1.29, 1.82) is 0 Å². The molecule has 2 aromatic rings. The van der Waals surface area contributed by atoms with Crippen LogP contribution in [0.3, 0.4) is 0 Å². The lowest BCUT2D eigenvalue weighted by Crippen LogP contribution is -2.33. The van der Waals surface area contributed by atoms with Gasteiger partial charge >= 0.3 is 0 Å². The Hall–Kier alpha value is -1.75. The maximum absolute atomic E-state index is 12.4. The molecule has 0 radical (unpaired) electrons. The quantitative estimate of drug-likeness (QED) is 0.871. The number of fused-ring (bicyclic) bond motifs is 1. The number of carbonyl (C=O) groups excluding carboxylic acids is 1. The smallest absolute Gasteiger partial charge is 0.180 e. The van der Waals surface area contributed by atoms with Crippen molar-refractivity contribution in [2.24, 2.45) is 7.05 Å². The number of hydrogen-bond acceptors (Lipinski definition) is 4. The molecule has 4 nitrogen and oxygen atoms in total. The Morgan fingerprint density at radius 2 is 2.29 bits per heavy atom. The van der Waals surface area contributed by atoms with E-state index in [0.717, 1.165) is 28.5 Å². The van der Waals surface area contributed by atoms with Gasteiger partial charge in [0.1, 0.15) is 5.75 Å². The van der Waals surface area contributed by atoms with Crippen molar-refractivity contribution in [3.8, 4) is 5.75 Å². The lowest BCUT2D eigenvalue weighted by Gasteiger charge is -2.24. The zero-order valence-corrected chi connectivity index (χ0v) is 13.0. The molecule has 0 N–H and O–H groups in total. The number of Topliss-reactive ketones (excluding diaryl/α,β-unsaturated/α-hetero) is 1. The van der Waals surface area contributed by atoms with Crippen molar-refractivity contribution in [1.82, 2.24) is 9.78 Å². The molecule has 0 aliphatic carbocycles. The van der Waals surface area contributed by atoms with Crippen molar-refractivity contribution in [3.05, 3.63) is 41.7 Å². The third kappa shape index (κ3) is 2.97. The molecule has 2 heterocycles. The Labute approximate surface area is 128 Å². The Kier molecular flexibility index (Phi) is 4.01. The predicted octanol–water partition coefficient (Wildman–Crippen LogP) is 2.65. The summed E-state index contributed by atoms with van der Waals surface area (Å²) in [6, 6.07) is 9.86. The number of carbonyl (C=O) groups is 1. The van der Waals surface area contributed by atoms with Crippen molar-refractivity contribution in [2.45, 2.75) is 30.8 Å². The van der Waals surface area contributed by atoms with Crippen LogP contribution in [-0.2, 0) is 24.7 Å². The van der Waals surface area contributed by atoms with Gasteiger partial charge in [-0.25, -0.2) is 0 Å². The van der Waals surface area contributed by atoms with Crippen LogP contribution in [0.25, 0.3) is 0 Å². The molecule has 0 spiro atoms. The number of aromatic nitrogens is 2. The number of ketones is 1. The molecule has 1 aliphatic rings. The molecule has 5 heteroatoms. The fourth-order valence-corrected chi connectivity index (χ4v) is 3.40. The average Bonchev–Trinajstić information content (AvgIpc) is 2.87. The first-order valence-corrected chi connectivity index (χ1v) is 8.09.